The number of carbonyl (C=O) groups is 4. The highest BCUT2D eigenvalue weighted by atomic mass is 35.5. The molecule has 2 saturated heterocycles. The number of allylic oxidation sites excluding steroid dienone is 2. The van der Waals surface area contributed by atoms with E-state index in [4.69, 9.17) is 16.3 Å². The average Bonchev–Trinajstić information content (AvgIpc) is 3.44. The Morgan fingerprint density at radius 3 is 2.46 bits per heavy atom. The van der Waals surface area contributed by atoms with E-state index in [0.29, 0.717) is 16.9 Å². The third-order valence-corrected chi connectivity index (χ3v) is 10.6. The Bertz CT molecular complexity index is 1950. The standard InChI is InChI=1S/C35H29ClFN3O8/c1-35-25(32(43)39(34(35)45)19-9-12-27(37)26(36)16-19)17-24-21(30(35)22-7-2-3-8-28(22)48-14-13-41)10-11-23-29(24)33(44)38(31(23)42)18-5-4-6-20(15-18)40(46)47/h2-10,12,15-16,23-25,29-30,41H,11,13-14,17H2,1H3/t23-,24+,25-,29-,30+,35+/m0/s1. The monoisotopic (exact) mass is 673 g/mol. The molecule has 3 aromatic carbocycles. The fraction of sp³-hybridized carbons (Fsp3) is 0.314. The number of aliphatic hydroxyl groups is 1. The Labute approximate surface area is 278 Å². The highest BCUT2D eigenvalue weighted by molar-refractivity contribution is 6.32. The van der Waals surface area contributed by atoms with Gasteiger partial charge < -0.3 is 9.84 Å². The maximum Gasteiger partial charge on any atom is 0.271 e. The number of hydrogen-bond acceptors (Lipinski definition) is 8. The molecule has 3 fully saturated rings. The zero-order valence-corrected chi connectivity index (χ0v) is 26.3. The number of nitro benzene ring substituents is 1. The number of nitro groups is 1. The first kappa shape index (κ1) is 31.6. The van der Waals surface area contributed by atoms with E-state index in [9.17, 15) is 38.8 Å². The van der Waals surface area contributed by atoms with Gasteiger partial charge in [0.15, 0.2) is 0 Å². The average molecular weight is 674 g/mol. The van der Waals surface area contributed by atoms with E-state index in [-0.39, 0.29) is 48.1 Å². The molecular weight excluding hydrogens is 645 g/mol. The summed E-state index contributed by atoms with van der Waals surface area (Å²) in [6.07, 6.45) is 2.11. The van der Waals surface area contributed by atoms with E-state index in [0.717, 1.165) is 15.9 Å². The number of para-hydroxylation sites is 1. The predicted octanol–water partition coefficient (Wildman–Crippen LogP) is 5.19. The number of rotatable bonds is 7. The zero-order valence-electron chi connectivity index (χ0n) is 25.5. The molecule has 48 heavy (non-hydrogen) atoms. The van der Waals surface area contributed by atoms with Gasteiger partial charge in [0, 0.05) is 23.6 Å². The molecule has 3 aromatic rings. The molecule has 6 atom stereocenters. The lowest BCUT2D eigenvalue weighted by Crippen LogP contribution is -2.49. The summed E-state index contributed by atoms with van der Waals surface area (Å²) in [4.78, 5) is 69.9. The molecule has 0 spiro atoms. The lowest BCUT2D eigenvalue weighted by atomic mass is 9.51. The number of aliphatic hydroxyl groups excluding tert-OH is 1. The molecule has 246 valence electrons. The van der Waals surface area contributed by atoms with Crippen molar-refractivity contribution in [3.05, 3.63) is 105 Å². The molecule has 2 aliphatic heterocycles. The van der Waals surface area contributed by atoms with E-state index < -0.39 is 69.4 Å². The minimum absolute atomic E-state index is 0.0324. The normalized spacial score (nSPS) is 27.8. The fourth-order valence-electron chi connectivity index (χ4n) is 8.24. The quantitative estimate of drug-likeness (QED) is 0.156. The molecule has 4 aliphatic rings. The first-order valence-electron chi connectivity index (χ1n) is 15.5. The van der Waals surface area contributed by atoms with Gasteiger partial charge in [-0.3, -0.25) is 29.3 Å². The van der Waals surface area contributed by atoms with Gasteiger partial charge in [0.25, 0.3) is 5.69 Å². The maximum atomic E-state index is 14.6. The number of carbonyl (C=O) groups excluding carboxylic acids is 4. The van der Waals surface area contributed by atoms with Crippen LogP contribution in [0, 0.1) is 45.0 Å². The number of hydrogen-bond donors (Lipinski definition) is 1. The van der Waals surface area contributed by atoms with Crippen molar-refractivity contribution >= 4 is 52.3 Å². The van der Waals surface area contributed by atoms with E-state index in [2.05, 4.69) is 0 Å². The van der Waals surface area contributed by atoms with Crippen LogP contribution in [0.4, 0.5) is 21.5 Å². The molecule has 0 bridgehead atoms. The van der Waals surface area contributed by atoms with E-state index >= 15 is 0 Å². The van der Waals surface area contributed by atoms with Crippen molar-refractivity contribution in [3.63, 3.8) is 0 Å². The second kappa shape index (κ2) is 11.6. The van der Waals surface area contributed by atoms with Crippen LogP contribution in [-0.4, -0.2) is 46.9 Å². The molecule has 2 heterocycles. The molecule has 1 saturated carbocycles. The first-order valence-corrected chi connectivity index (χ1v) is 15.8. The van der Waals surface area contributed by atoms with E-state index in [1.54, 1.807) is 31.2 Å². The van der Waals surface area contributed by atoms with Crippen molar-refractivity contribution in [1.29, 1.82) is 0 Å². The molecule has 11 nitrogen and oxygen atoms in total. The number of non-ortho nitro benzene ring substituents is 1. The summed E-state index contributed by atoms with van der Waals surface area (Å²) in [5.74, 6) is -6.50. The number of amides is 4. The molecular formula is C35H29ClFN3O8. The topological polar surface area (TPSA) is 147 Å². The van der Waals surface area contributed by atoms with Crippen LogP contribution in [0.5, 0.6) is 5.75 Å². The van der Waals surface area contributed by atoms with Gasteiger partial charge in [-0.15, -0.1) is 0 Å². The second-order valence-corrected chi connectivity index (χ2v) is 13.1. The summed E-state index contributed by atoms with van der Waals surface area (Å²) in [5, 5.41) is 20.8. The molecule has 7 rings (SSSR count). The first-order chi connectivity index (χ1) is 23.0. The highest BCUT2D eigenvalue weighted by Crippen LogP contribution is 2.64. The molecule has 2 aliphatic carbocycles. The van der Waals surface area contributed by atoms with Crippen LogP contribution in [-0.2, 0) is 19.2 Å². The SMILES string of the molecule is C[C@@]12C(=O)N(c3ccc(F)c(Cl)c3)C(=O)[C@@H]1C[C@@H]1C(=CC[C@@H]3C(=O)N(c4cccc([N+](=O)[O-])c4)C(=O)[C@@H]31)[C@@H]2c1ccccc1OCCO. The van der Waals surface area contributed by atoms with Crippen LogP contribution in [0.25, 0.3) is 0 Å². The van der Waals surface area contributed by atoms with Crippen LogP contribution in [0.15, 0.2) is 78.4 Å². The number of anilines is 2. The van der Waals surface area contributed by atoms with Crippen molar-refractivity contribution in [1.82, 2.24) is 0 Å². The van der Waals surface area contributed by atoms with Gasteiger partial charge in [-0.1, -0.05) is 47.5 Å². The van der Waals surface area contributed by atoms with Crippen LogP contribution in [0.1, 0.15) is 31.2 Å². The number of imide groups is 2. The van der Waals surface area contributed by atoms with Gasteiger partial charge in [-0.25, -0.2) is 14.2 Å². The number of halogens is 2. The number of benzene rings is 3. The van der Waals surface area contributed by atoms with E-state index in [1.165, 1.54) is 36.4 Å². The minimum atomic E-state index is -1.39. The lowest BCUT2D eigenvalue weighted by Gasteiger charge is -2.49. The second-order valence-electron chi connectivity index (χ2n) is 12.7. The van der Waals surface area contributed by atoms with Crippen LogP contribution >= 0.6 is 11.6 Å². The predicted molar refractivity (Wildman–Crippen MR) is 171 cm³/mol. The van der Waals surface area contributed by atoms with E-state index in [1.807, 2.05) is 6.08 Å². The van der Waals surface area contributed by atoms with Gasteiger partial charge >= 0.3 is 0 Å². The highest BCUT2D eigenvalue weighted by Gasteiger charge is 2.68. The molecule has 13 heteroatoms. The maximum absolute atomic E-state index is 14.6. The van der Waals surface area contributed by atoms with Crippen molar-refractivity contribution in [2.45, 2.75) is 25.7 Å². The van der Waals surface area contributed by atoms with Gasteiger partial charge in [0.2, 0.25) is 23.6 Å². The lowest BCUT2D eigenvalue weighted by molar-refractivity contribution is -0.384. The van der Waals surface area contributed by atoms with Crippen LogP contribution in [0.2, 0.25) is 5.02 Å². The molecule has 0 radical (unpaired) electrons. The van der Waals surface area contributed by atoms with Gasteiger partial charge in [-0.2, -0.15) is 0 Å². The molecule has 4 amide bonds. The minimum Gasteiger partial charge on any atom is -0.491 e. The number of nitrogens with zero attached hydrogens (tertiary/aromatic N) is 3. The summed E-state index contributed by atoms with van der Waals surface area (Å²) in [7, 11) is 0. The molecule has 1 N–H and O–H groups in total. The Kier molecular flexibility index (Phi) is 7.67. The van der Waals surface area contributed by atoms with Gasteiger partial charge in [0.1, 0.15) is 18.2 Å². The van der Waals surface area contributed by atoms with Crippen LogP contribution < -0.4 is 14.5 Å². The Morgan fingerprint density at radius 1 is 0.979 bits per heavy atom. The van der Waals surface area contributed by atoms with Gasteiger partial charge in [0.05, 0.1) is 51.1 Å². The van der Waals surface area contributed by atoms with Crippen molar-refractivity contribution in [2.24, 2.45) is 29.1 Å². The third-order valence-electron chi connectivity index (χ3n) is 10.3. The Morgan fingerprint density at radius 2 is 1.73 bits per heavy atom. The van der Waals surface area contributed by atoms with Crippen LogP contribution in [0.3, 0.4) is 0 Å². The molecule has 0 unspecified atom stereocenters. The summed E-state index contributed by atoms with van der Waals surface area (Å²) in [5.41, 5.74) is -0.198. The Balaban J connectivity index is 1.37. The van der Waals surface area contributed by atoms with Crippen molar-refractivity contribution in [3.8, 4) is 5.75 Å². The van der Waals surface area contributed by atoms with Crippen molar-refractivity contribution in [2.75, 3.05) is 23.0 Å². The van der Waals surface area contributed by atoms with Crippen molar-refractivity contribution < 1.29 is 38.3 Å². The Hall–Kier alpha value is -4.94. The summed E-state index contributed by atoms with van der Waals surface area (Å²) in [6.45, 7) is 1.40. The summed E-state index contributed by atoms with van der Waals surface area (Å²) in [6, 6.07) is 15.9. The summed E-state index contributed by atoms with van der Waals surface area (Å²) >= 11 is 6.07. The fourth-order valence-corrected chi connectivity index (χ4v) is 8.41. The number of fused-ring (bicyclic) bond motifs is 4. The largest absolute Gasteiger partial charge is 0.491 e. The molecule has 0 aromatic heterocycles. The zero-order chi connectivity index (χ0) is 34.1. The number of ether oxygens (including phenoxy) is 1. The smallest absolute Gasteiger partial charge is 0.271 e. The van der Waals surface area contributed by atoms with Gasteiger partial charge in [-0.05, 0) is 56.0 Å². The summed E-state index contributed by atoms with van der Waals surface area (Å²) < 4.78 is 20.0. The third kappa shape index (κ3) is 4.57.